The first-order valence-electron chi connectivity index (χ1n) is 1.58. The Morgan fingerprint density at radius 1 is 2.00 bits per heavy atom. The van der Waals surface area contributed by atoms with E-state index < -0.39 is 0 Å². The molecule has 0 unspecified atom stereocenters. The van der Waals surface area contributed by atoms with Gasteiger partial charge in [-0.1, -0.05) is 0 Å². The zero-order valence-corrected chi connectivity index (χ0v) is 3.60. The lowest BCUT2D eigenvalue weighted by molar-refractivity contribution is -0.138. The first kappa shape index (κ1) is 5.43. The SMILES string of the molecule is COC(=O)[13CH2]N. The standard InChI is InChI=1S/C3H7NO2/c1-6-3(5)2-4/h2,4H2,1H3/i2+1. The molecule has 0 rings (SSSR count). The van der Waals surface area contributed by atoms with Gasteiger partial charge in [0.25, 0.3) is 0 Å². The summed E-state index contributed by atoms with van der Waals surface area (Å²) >= 11 is 0. The molecule has 0 radical (unpaired) electrons. The Kier molecular flexibility index (Phi) is 2.40. The van der Waals surface area contributed by atoms with Crippen LogP contribution in [0, 0.1) is 0 Å². The monoisotopic (exact) mass is 90.1 g/mol. The van der Waals surface area contributed by atoms with Crippen LogP contribution in [0.1, 0.15) is 0 Å². The number of hydrogen-bond donors (Lipinski definition) is 1. The zero-order valence-electron chi connectivity index (χ0n) is 3.60. The molecule has 0 saturated heterocycles. The lowest BCUT2D eigenvalue weighted by Gasteiger charge is -1.87. The average molecular weight is 90.1 g/mol. The highest BCUT2D eigenvalue weighted by Gasteiger charge is 1.87. The number of ether oxygens (including phenoxy) is 1. The lowest BCUT2D eigenvalue weighted by Crippen LogP contribution is -2.14. The summed E-state index contributed by atoms with van der Waals surface area (Å²) in [7, 11) is 1.30. The molecule has 3 heteroatoms. The van der Waals surface area contributed by atoms with Gasteiger partial charge in [0.2, 0.25) is 0 Å². The minimum atomic E-state index is -0.380. The third-order valence-corrected chi connectivity index (χ3v) is 0.394. The van der Waals surface area contributed by atoms with E-state index in [9.17, 15) is 4.79 Å². The number of methoxy groups -OCH3 is 1. The van der Waals surface area contributed by atoms with Crippen molar-refractivity contribution in [2.45, 2.75) is 0 Å². The van der Waals surface area contributed by atoms with Gasteiger partial charge in [-0.15, -0.1) is 0 Å². The van der Waals surface area contributed by atoms with E-state index >= 15 is 0 Å². The summed E-state index contributed by atoms with van der Waals surface area (Å²) < 4.78 is 4.14. The highest BCUT2D eigenvalue weighted by Crippen LogP contribution is 1.61. The largest absolute Gasteiger partial charge is 0.468 e. The fraction of sp³-hybridized carbons (Fsp3) is 0.667. The maximum Gasteiger partial charge on any atom is 0.319 e. The van der Waals surface area contributed by atoms with Crippen LogP contribution in [0.5, 0.6) is 0 Å². The Morgan fingerprint density at radius 3 is 2.50 bits per heavy atom. The van der Waals surface area contributed by atoms with E-state index in [-0.39, 0.29) is 12.5 Å². The van der Waals surface area contributed by atoms with Gasteiger partial charge in [0.1, 0.15) is 0 Å². The van der Waals surface area contributed by atoms with Crippen LogP contribution in [0.25, 0.3) is 0 Å². The van der Waals surface area contributed by atoms with E-state index in [1.54, 1.807) is 0 Å². The van der Waals surface area contributed by atoms with Crippen molar-refractivity contribution in [3.63, 3.8) is 0 Å². The molecule has 0 amide bonds. The maximum absolute atomic E-state index is 9.83. The molecule has 0 heterocycles. The van der Waals surface area contributed by atoms with Crippen LogP contribution < -0.4 is 5.73 Å². The highest BCUT2D eigenvalue weighted by atomic mass is 16.5. The van der Waals surface area contributed by atoms with Gasteiger partial charge >= 0.3 is 5.97 Å². The first-order valence-corrected chi connectivity index (χ1v) is 1.58. The summed E-state index contributed by atoms with van der Waals surface area (Å²) in [6.07, 6.45) is 0. The number of carbonyl (C=O) groups excluding carboxylic acids is 1. The first-order chi connectivity index (χ1) is 2.81. The fourth-order valence-corrected chi connectivity index (χ4v) is 0.0833. The van der Waals surface area contributed by atoms with Crippen LogP contribution in [0.3, 0.4) is 0 Å². The molecule has 0 spiro atoms. The lowest BCUT2D eigenvalue weighted by atomic mass is 11.0. The molecular formula is C3H7NO2. The molecule has 3 nitrogen and oxygen atoms in total. The predicted octanol–water partition coefficient (Wildman–Crippen LogP) is -0.882. The Hall–Kier alpha value is -0.570. The van der Waals surface area contributed by atoms with Crippen molar-refractivity contribution >= 4 is 5.97 Å². The zero-order chi connectivity index (χ0) is 4.99. The molecule has 0 aliphatic rings. The number of carbonyl (C=O) groups is 1. The van der Waals surface area contributed by atoms with Crippen molar-refractivity contribution in [3.8, 4) is 0 Å². The van der Waals surface area contributed by atoms with Gasteiger partial charge in [-0.2, -0.15) is 0 Å². The summed E-state index contributed by atoms with van der Waals surface area (Å²) in [6.45, 7) is -0.0312. The van der Waals surface area contributed by atoms with Crippen LogP contribution in [0.4, 0.5) is 0 Å². The van der Waals surface area contributed by atoms with Gasteiger partial charge in [0, 0.05) is 0 Å². The second kappa shape index (κ2) is 2.66. The van der Waals surface area contributed by atoms with E-state index in [1.807, 2.05) is 0 Å². The van der Waals surface area contributed by atoms with E-state index in [0.717, 1.165) is 0 Å². The van der Waals surface area contributed by atoms with Crippen molar-refractivity contribution in [1.82, 2.24) is 0 Å². The Labute approximate surface area is 36.1 Å². The van der Waals surface area contributed by atoms with E-state index in [2.05, 4.69) is 4.74 Å². The molecule has 6 heavy (non-hydrogen) atoms. The van der Waals surface area contributed by atoms with Gasteiger partial charge < -0.3 is 10.5 Å². The third-order valence-electron chi connectivity index (χ3n) is 0.394. The van der Waals surface area contributed by atoms with E-state index in [0.29, 0.717) is 0 Å². The van der Waals surface area contributed by atoms with Crippen LogP contribution in [0.15, 0.2) is 0 Å². The molecule has 2 N–H and O–H groups in total. The summed E-state index contributed by atoms with van der Waals surface area (Å²) in [5.41, 5.74) is 4.81. The minimum absolute atomic E-state index is 0.0312. The molecule has 36 valence electrons. The van der Waals surface area contributed by atoms with Crippen LogP contribution in [-0.2, 0) is 9.53 Å². The van der Waals surface area contributed by atoms with Crippen molar-refractivity contribution in [2.24, 2.45) is 5.73 Å². The van der Waals surface area contributed by atoms with Crippen molar-refractivity contribution < 1.29 is 9.53 Å². The smallest absolute Gasteiger partial charge is 0.319 e. The summed E-state index contributed by atoms with van der Waals surface area (Å²) in [5, 5.41) is 0. The number of esters is 1. The van der Waals surface area contributed by atoms with Crippen LogP contribution in [-0.4, -0.2) is 19.6 Å². The Balaban J connectivity index is 2.99. The summed E-state index contributed by atoms with van der Waals surface area (Å²) in [6, 6.07) is 0. The Bertz CT molecular complexity index is 46.8. The quantitative estimate of drug-likeness (QED) is 0.336. The van der Waals surface area contributed by atoms with Gasteiger partial charge in [0.05, 0.1) is 13.7 Å². The van der Waals surface area contributed by atoms with Gasteiger partial charge in [-0.05, 0) is 0 Å². The second-order valence-corrected chi connectivity index (χ2v) is 0.780. The van der Waals surface area contributed by atoms with E-state index in [4.69, 9.17) is 5.73 Å². The van der Waals surface area contributed by atoms with Crippen LogP contribution in [0.2, 0.25) is 0 Å². The number of hydrogen-bond acceptors (Lipinski definition) is 3. The molecule has 0 bridgehead atoms. The highest BCUT2D eigenvalue weighted by molar-refractivity contribution is 5.70. The predicted molar refractivity (Wildman–Crippen MR) is 21.1 cm³/mol. The topological polar surface area (TPSA) is 52.3 Å². The summed E-state index contributed by atoms with van der Waals surface area (Å²) in [5.74, 6) is -0.380. The molecule has 0 fully saturated rings. The van der Waals surface area contributed by atoms with Crippen molar-refractivity contribution in [2.75, 3.05) is 13.7 Å². The molecule has 0 aromatic heterocycles. The molecule has 0 saturated carbocycles. The molecule has 0 aliphatic carbocycles. The van der Waals surface area contributed by atoms with Crippen molar-refractivity contribution in [3.05, 3.63) is 0 Å². The maximum atomic E-state index is 9.83. The van der Waals surface area contributed by atoms with Crippen LogP contribution >= 0.6 is 0 Å². The van der Waals surface area contributed by atoms with Gasteiger partial charge in [-0.25, -0.2) is 0 Å². The summed E-state index contributed by atoms with van der Waals surface area (Å²) in [4.78, 5) is 9.83. The second-order valence-electron chi connectivity index (χ2n) is 0.780. The molecule has 0 atom stereocenters. The normalized spacial score (nSPS) is 7.67. The molecule has 0 aromatic carbocycles. The minimum Gasteiger partial charge on any atom is -0.468 e. The van der Waals surface area contributed by atoms with Gasteiger partial charge in [-0.3, -0.25) is 4.79 Å². The molecule has 0 aromatic rings. The molecule has 0 aliphatic heterocycles. The number of rotatable bonds is 1. The average Bonchev–Trinajstić information content (AvgIpc) is 1.65. The van der Waals surface area contributed by atoms with Crippen molar-refractivity contribution in [1.29, 1.82) is 0 Å². The fourth-order valence-electron chi connectivity index (χ4n) is 0.0833. The Morgan fingerprint density at radius 2 is 2.50 bits per heavy atom. The number of nitrogens with two attached hydrogens (primary N) is 1. The third kappa shape index (κ3) is 1.72. The van der Waals surface area contributed by atoms with Gasteiger partial charge in [0.15, 0.2) is 0 Å². The van der Waals surface area contributed by atoms with E-state index in [1.165, 1.54) is 7.11 Å². The molecular weight excluding hydrogens is 83.0 g/mol.